The largest absolute Gasteiger partial charge is 0.463 e. The van der Waals surface area contributed by atoms with Crippen molar-refractivity contribution in [1.29, 1.82) is 0 Å². The lowest BCUT2D eigenvalue weighted by Gasteiger charge is -2.01. The Morgan fingerprint density at radius 1 is 1.67 bits per heavy atom. The quantitative estimate of drug-likeness (QED) is 0.584. The lowest BCUT2D eigenvalue weighted by atomic mass is 10.4. The molecule has 80 valence electrons. The van der Waals surface area contributed by atoms with E-state index < -0.39 is 0 Å². The van der Waals surface area contributed by atoms with Gasteiger partial charge in [0, 0.05) is 18.7 Å². The van der Waals surface area contributed by atoms with E-state index in [1.54, 1.807) is 25.4 Å². The molecule has 15 heavy (non-hydrogen) atoms. The average Bonchev–Trinajstić information content (AvgIpc) is 2.76. The molecule has 0 aliphatic heterocycles. The van der Waals surface area contributed by atoms with Crippen molar-refractivity contribution in [3.05, 3.63) is 24.1 Å². The van der Waals surface area contributed by atoms with Crippen LogP contribution in [0.4, 0.5) is 0 Å². The van der Waals surface area contributed by atoms with Crippen molar-refractivity contribution in [3.8, 4) is 0 Å². The molecule has 2 aromatic rings. The van der Waals surface area contributed by atoms with E-state index in [1.807, 2.05) is 0 Å². The maximum Gasteiger partial charge on any atom is 0.354 e. The van der Waals surface area contributed by atoms with Crippen LogP contribution < -0.4 is 5.32 Å². The monoisotopic (exact) mass is 208 g/mol. The van der Waals surface area contributed by atoms with Gasteiger partial charge in [0.2, 0.25) is 0 Å². The predicted octanol–water partition coefficient (Wildman–Crippen LogP) is 1.14. The second-order valence-electron chi connectivity index (χ2n) is 3.12. The summed E-state index contributed by atoms with van der Waals surface area (Å²) in [5, 5.41) is 2.89. The van der Waals surface area contributed by atoms with Crippen LogP contribution in [-0.4, -0.2) is 31.2 Å². The Labute approximate surface area is 86.4 Å². The fraction of sp³-hybridized carbons (Fsp3) is 0.300. The van der Waals surface area contributed by atoms with Crippen molar-refractivity contribution in [1.82, 2.24) is 10.3 Å². The van der Waals surface area contributed by atoms with Gasteiger partial charge in [-0.1, -0.05) is 0 Å². The topological polar surface area (TPSA) is 67.3 Å². The van der Waals surface area contributed by atoms with Crippen molar-refractivity contribution < 1.29 is 13.9 Å². The molecule has 0 saturated carbocycles. The van der Waals surface area contributed by atoms with Crippen molar-refractivity contribution in [3.63, 3.8) is 0 Å². The number of nitrogens with one attached hydrogen (secondary N) is 2. The minimum atomic E-state index is -0.364. The molecule has 0 bridgehead atoms. The van der Waals surface area contributed by atoms with Crippen LogP contribution in [0.2, 0.25) is 0 Å². The van der Waals surface area contributed by atoms with Crippen LogP contribution >= 0.6 is 0 Å². The number of furan rings is 1. The first-order valence-electron chi connectivity index (χ1n) is 4.69. The lowest BCUT2D eigenvalue weighted by Crippen LogP contribution is -2.17. The van der Waals surface area contributed by atoms with Gasteiger partial charge in [0.1, 0.15) is 12.3 Å². The standard InChI is InChI=1S/C10H12N2O3/c1-11-3-5-15-10(13)8-6-9-7(12-8)2-4-14-9/h2,4,6,11-12H,3,5H2,1H3. The molecule has 0 unspecified atom stereocenters. The first-order valence-corrected chi connectivity index (χ1v) is 4.69. The van der Waals surface area contributed by atoms with Crippen LogP contribution in [0.25, 0.3) is 11.1 Å². The Morgan fingerprint density at radius 3 is 3.27 bits per heavy atom. The molecular weight excluding hydrogens is 196 g/mol. The molecule has 0 fully saturated rings. The normalized spacial score (nSPS) is 10.7. The zero-order valence-electron chi connectivity index (χ0n) is 8.37. The van der Waals surface area contributed by atoms with Crippen molar-refractivity contribution in [2.45, 2.75) is 0 Å². The lowest BCUT2D eigenvalue weighted by molar-refractivity contribution is 0.0504. The minimum absolute atomic E-state index is 0.357. The summed E-state index contributed by atoms with van der Waals surface area (Å²) in [6.07, 6.45) is 1.57. The number of carbonyl (C=O) groups is 1. The van der Waals surface area contributed by atoms with E-state index in [9.17, 15) is 4.79 Å². The van der Waals surface area contributed by atoms with Gasteiger partial charge in [0.15, 0.2) is 5.58 Å². The molecule has 0 amide bonds. The first kappa shape index (κ1) is 9.79. The first-order chi connectivity index (χ1) is 7.31. The van der Waals surface area contributed by atoms with Crippen LogP contribution in [-0.2, 0) is 4.74 Å². The number of H-pyrrole nitrogens is 1. The maximum absolute atomic E-state index is 11.5. The molecule has 2 rings (SSSR count). The number of esters is 1. The Balaban J connectivity index is 2.04. The molecular formula is C10H12N2O3. The van der Waals surface area contributed by atoms with Gasteiger partial charge < -0.3 is 19.5 Å². The van der Waals surface area contributed by atoms with Gasteiger partial charge in [-0.15, -0.1) is 0 Å². The highest BCUT2D eigenvalue weighted by Crippen LogP contribution is 2.16. The minimum Gasteiger partial charge on any atom is -0.463 e. The summed E-state index contributed by atoms with van der Waals surface area (Å²) in [6, 6.07) is 3.40. The summed E-state index contributed by atoms with van der Waals surface area (Å²) in [7, 11) is 1.80. The fourth-order valence-corrected chi connectivity index (χ4v) is 1.28. The molecule has 0 radical (unpaired) electrons. The predicted molar refractivity (Wildman–Crippen MR) is 54.8 cm³/mol. The highest BCUT2D eigenvalue weighted by atomic mass is 16.5. The third-order valence-corrected chi connectivity index (χ3v) is 2.05. The number of ether oxygens (including phenoxy) is 1. The van der Waals surface area contributed by atoms with Gasteiger partial charge >= 0.3 is 5.97 Å². The number of aromatic nitrogens is 1. The molecule has 0 aliphatic rings. The number of likely N-dealkylation sites (N-methyl/N-ethyl adjacent to an activating group) is 1. The molecule has 0 spiro atoms. The van der Waals surface area contributed by atoms with Gasteiger partial charge in [-0.2, -0.15) is 0 Å². The van der Waals surface area contributed by atoms with Gasteiger partial charge in [-0.3, -0.25) is 0 Å². The Hall–Kier alpha value is -1.75. The molecule has 5 heteroatoms. The average molecular weight is 208 g/mol. The number of fused-ring (bicyclic) bond motifs is 1. The molecule has 0 aliphatic carbocycles. The third kappa shape index (κ3) is 2.02. The van der Waals surface area contributed by atoms with E-state index in [2.05, 4.69) is 10.3 Å². The summed E-state index contributed by atoms with van der Waals surface area (Å²) in [4.78, 5) is 14.4. The van der Waals surface area contributed by atoms with Crippen LogP contribution in [0, 0.1) is 0 Å². The van der Waals surface area contributed by atoms with Crippen LogP contribution in [0.5, 0.6) is 0 Å². The zero-order valence-corrected chi connectivity index (χ0v) is 8.37. The van der Waals surface area contributed by atoms with Crippen LogP contribution in [0.3, 0.4) is 0 Å². The van der Waals surface area contributed by atoms with Gasteiger partial charge in [0.25, 0.3) is 0 Å². The van der Waals surface area contributed by atoms with E-state index in [-0.39, 0.29) is 5.97 Å². The number of hydrogen-bond acceptors (Lipinski definition) is 4. The molecule has 0 aromatic carbocycles. The van der Waals surface area contributed by atoms with Crippen molar-refractivity contribution in [2.75, 3.05) is 20.2 Å². The molecule has 5 nitrogen and oxygen atoms in total. The van der Waals surface area contributed by atoms with Crippen LogP contribution in [0.15, 0.2) is 22.8 Å². The molecule has 2 aromatic heterocycles. The summed E-state index contributed by atoms with van der Waals surface area (Å²) in [5.74, 6) is -0.364. The Bertz CT molecular complexity index is 429. The van der Waals surface area contributed by atoms with E-state index in [0.717, 1.165) is 5.52 Å². The van der Waals surface area contributed by atoms with Crippen molar-refractivity contribution in [2.24, 2.45) is 0 Å². The SMILES string of the molecule is CNCCOC(=O)c1cc2occc2[nH]1. The van der Waals surface area contributed by atoms with Gasteiger partial charge in [0.05, 0.1) is 11.8 Å². The van der Waals surface area contributed by atoms with E-state index in [4.69, 9.17) is 9.15 Å². The zero-order chi connectivity index (χ0) is 10.7. The summed E-state index contributed by atoms with van der Waals surface area (Å²) >= 11 is 0. The highest BCUT2D eigenvalue weighted by molar-refractivity contribution is 5.93. The summed E-state index contributed by atoms with van der Waals surface area (Å²) in [5.41, 5.74) is 1.88. The second-order valence-corrected chi connectivity index (χ2v) is 3.12. The Kier molecular flexibility index (Phi) is 2.73. The van der Waals surface area contributed by atoms with E-state index in [1.165, 1.54) is 0 Å². The second kappa shape index (κ2) is 4.18. The smallest absolute Gasteiger partial charge is 0.354 e. The molecule has 0 atom stereocenters. The number of carbonyl (C=O) groups excluding carboxylic acids is 1. The maximum atomic E-state index is 11.5. The third-order valence-electron chi connectivity index (χ3n) is 2.05. The van der Waals surface area contributed by atoms with Gasteiger partial charge in [-0.05, 0) is 7.05 Å². The van der Waals surface area contributed by atoms with Crippen LogP contribution in [0.1, 0.15) is 10.5 Å². The van der Waals surface area contributed by atoms with E-state index >= 15 is 0 Å². The number of rotatable bonds is 4. The number of aromatic amines is 1. The number of hydrogen-bond donors (Lipinski definition) is 2. The van der Waals surface area contributed by atoms with Crippen molar-refractivity contribution >= 4 is 17.1 Å². The molecule has 0 saturated heterocycles. The van der Waals surface area contributed by atoms with E-state index in [0.29, 0.717) is 24.4 Å². The highest BCUT2D eigenvalue weighted by Gasteiger charge is 2.11. The van der Waals surface area contributed by atoms with Gasteiger partial charge in [-0.25, -0.2) is 4.79 Å². The summed E-state index contributed by atoms with van der Waals surface area (Å²) in [6.45, 7) is 0.998. The Morgan fingerprint density at radius 2 is 2.53 bits per heavy atom. The molecule has 2 heterocycles. The summed E-state index contributed by atoms with van der Waals surface area (Å²) < 4.78 is 10.1. The fourth-order valence-electron chi connectivity index (χ4n) is 1.28. The molecule has 2 N–H and O–H groups in total.